The lowest BCUT2D eigenvalue weighted by Gasteiger charge is -2.31. The van der Waals surface area contributed by atoms with Gasteiger partial charge in [-0.15, -0.1) is 0 Å². The third-order valence-corrected chi connectivity index (χ3v) is 6.36. The van der Waals surface area contributed by atoms with Gasteiger partial charge in [-0.2, -0.15) is 0 Å². The Hall–Kier alpha value is -2.12. The topological polar surface area (TPSA) is 69.2 Å². The Kier molecular flexibility index (Phi) is 9.15. The Morgan fingerprint density at radius 3 is 2.58 bits per heavy atom. The minimum atomic E-state index is 0.0407. The average Bonchev–Trinajstić information content (AvgIpc) is 2.78. The van der Waals surface area contributed by atoms with Crippen LogP contribution in [0.3, 0.4) is 0 Å². The molecule has 2 atom stereocenters. The number of hydrogen-bond acceptors (Lipinski definition) is 4. The highest BCUT2D eigenvalue weighted by Crippen LogP contribution is 2.23. The molecule has 0 aromatic heterocycles. The molecule has 7 heteroatoms. The zero-order valence-electron chi connectivity index (χ0n) is 19.4. The van der Waals surface area contributed by atoms with Crippen molar-refractivity contribution in [3.8, 4) is 0 Å². The first-order chi connectivity index (χ1) is 15.0. The Morgan fingerprint density at radius 1 is 1.16 bits per heavy atom. The Balaban J connectivity index is 1.69. The van der Waals surface area contributed by atoms with E-state index < -0.39 is 0 Å². The van der Waals surface area contributed by atoms with Crippen LogP contribution in [-0.4, -0.2) is 74.7 Å². The van der Waals surface area contributed by atoms with Crippen molar-refractivity contribution in [2.75, 3.05) is 46.9 Å². The van der Waals surface area contributed by atoms with Crippen LogP contribution in [0, 0.1) is 5.92 Å². The van der Waals surface area contributed by atoms with Crippen LogP contribution in [-0.2, 0) is 22.6 Å². The number of nitrogens with zero attached hydrogens (tertiary/aromatic N) is 3. The van der Waals surface area contributed by atoms with Crippen molar-refractivity contribution in [2.45, 2.75) is 51.7 Å². The van der Waals surface area contributed by atoms with E-state index >= 15 is 0 Å². The van der Waals surface area contributed by atoms with E-state index in [1.165, 1.54) is 30.4 Å². The molecule has 3 rings (SSSR count). The molecule has 1 amide bonds. The molecule has 31 heavy (non-hydrogen) atoms. The molecule has 2 aliphatic rings. The lowest BCUT2D eigenvalue weighted by atomic mass is 9.86. The molecule has 1 saturated carbocycles. The summed E-state index contributed by atoms with van der Waals surface area (Å²) in [6, 6.07) is 8.93. The number of benzene rings is 1. The van der Waals surface area contributed by atoms with Crippen molar-refractivity contribution in [1.29, 1.82) is 0 Å². The second kappa shape index (κ2) is 12.1. The fourth-order valence-electron chi connectivity index (χ4n) is 4.21. The molecule has 0 radical (unpaired) electrons. The van der Waals surface area contributed by atoms with Gasteiger partial charge in [0.25, 0.3) is 0 Å². The van der Waals surface area contributed by atoms with Gasteiger partial charge in [0.2, 0.25) is 5.91 Å². The Morgan fingerprint density at radius 2 is 1.87 bits per heavy atom. The zero-order chi connectivity index (χ0) is 22.1. The van der Waals surface area contributed by atoms with E-state index in [-0.39, 0.29) is 12.5 Å². The minimum Gasteiger partial charge on any atom is -0.379 e. The molecule has 1 heterocycles. The van der Waals surface area contributed by atoms with Crippen LogP contribution in [0.5, 0.6) is 0 Å². The standard InChI is InChI=1S/C24H39N5O2/c1-19-8-4-7-11-22(19)27-24(26-17-23(30)28(2)3)25-16-20-9-5-6-10-21(20)18-29-12-14-31-15-13-29/h5-6,9-10,19,22H,4,7-8,11-18H2,1-3H3,(H2,25,26,27). The monoisotopic (exact) mass is 429 g/mol. The lowest BCUT2D eigenvalue weighted by Crippen LogP contribution is -2.49. The van der Waals surface area contributed by atoms with E-state index in [9.17, 15) is 4.79 Å². The molecular formula is C24H39N5O2. The van der Waals surface area contributed by atoms with Gasteiger partial charge < -0.3 is 20.3 Å². The van der Waals surface area contributed by atoms with Gasteiger partial charge in [-0.3, -0.25) is 9.69 Å². The number of nitrogens with one attached hydrogen (secondary N) is 2. The highest BCUT2D eigenvalue weighted by atomic mass is 16.5. The van der Waals surface area contributed by atoms with Gasteiger partial charge in [0.1, 0.15) is 0 Å². The molecule has 7 nitrogen and oxygen atoms in total. The van der Waals surface area contributed by atoms with E-state index in [0.717, 1.165) is 45.2 Å². The van der Waals surface area contributed by atoms with Gasteiger partial charge in [0, 0.05) is 39.8 Å². The normalized spacial score (nSPS) is 22.7. The molecule has 2 fully saturated rings. The predicted molar refractivity (Wildman–Crippen MR) is 125 cm³/mol. The number of carbonyl (C=O) groups is 1. The van der Waals surface area contributed by atoms with Crippen LogP contribution < -0.4 is 10.6 Å². The Labute approximate surface area is 187 Å². The SMILES string of the molecule is CC1CCCCC1NC(=NCc1ccccc1CN1CCOCC1)NCC(=O)N(C)C. The highest BCUT2D eigenvalue weighted by molar-refractivity contribution is 5.86. The fourth-order valence-corrected chi connectivity index (χ4v) is 4.21. The lowest BCUT2D eigenvalue weighted by molar-refractivity contribution is -0.127. The first-order valence-corrected chi connectivity index (χ1v) is 11.6. The number of amides is 1. The summed E-state index contributed by atoms with van der Waals surface area (Å²) < 4.78 is 5.48. The minimum absolute atomic E-state index is 0.0407. The molecular weight excluding hydrogens is 390 g/mol. The fraction of sp³-hybridized carbons (Fsp3) is 0.667. The number of ether oxygens (including phenoxy) is 1. The van der Waals surface area contributed by atoms with Crippen molar-refractivity contribution in [3.05, 3.63) is 35.4 Å². The van der Waals surface area contributed by atoms with Crippen LogP contribution in [0.2, 0.25) is 0 Å². The number of likely N-dealkylation sites (N-methyl/N-ethyl adjacent to an activating group) is 1. The van der Waals surface area contributed by atoms with Crippen molar-refractivity contribution >= 4 is 11.9 Å². The summed E-state index contributed by atoms with van der Waals surface area (Å²) >= 11 is 0. The molecule has 2 N–H and O–H groups in total. The number of hydrogen-bond donors (Lipinski definition) is 2. The van der Waals surface area contributed by atoms with E-state index in [2.05, 4.69) is 46.7 Å². The van der Waals surface area contributed by atoms with E-state index in [0.29, 0.717) is 18.5 Å². The first kappa shape index (κ1) is 23.5. The van der Waals surface area contributed by atoms with Crippen LogP contribution >= 0.6 is 0 Å². The Bertz CT molecular complexity index is 730. The van der Waals surface area contributed by atoms with Crippen LogP contribution in [0.15, 0.2) is 29.3 Å². The summed E-state index contributed by atoms with van der Waals surface area (Å²) in [5.41, 5.74) is 2.54. The van der Waals surface area contributed by atoms with Crippen molar-refractivity contribution in [3.63, 3.8) is 0 Å². The molecule has 1 aromatic carbocycles. The number of aliphatic imine (C=N–C) groups is 1. The van der Waals surface area contributed by atoms with Crippen molar-refractivity contribution < 1.29 is 9.53 Å². The smallest absolute Gasteiger partial charge is 0.241 e. The molecule has 1 aliphatic carbocycles. The molecule has 1 aliphatic heterocycles. The van der Waals surface area contributed by atoms with Gasteiger partial charge in [0.05, 0.1) is 26.3 Å². The van der Waals surface area contributed by atoms with E-state index in [1.54, 1.807) is 19.0 Å². The van der Waals surface area contributed by atoms with E-state index in [1.807, 2.05) is 0 Å². The van der Waals surface area contributed by atoms with E-state index in [4.69, 9.17) is 9.73 Å². The summed E-state index contributed by atoms with van der Waals surface area (Å²) in [6.45, 7) is 7.61. The number of guanidine groups is 1. The summed E-state index contributed by atoms with van der Waals surface area (Å²) in [5, 5.41) is 6.87. The molecule has 0 spiro atoms. The predicted octanol–water partition coefficient (Wildman–Crippen LogP) is 2.22. The van der Waals surface area contributed by atoms with Gasteiger partial charge in [-0.1, -0.05) is 44.0 Å². The summed E-state index contributed by atoms with van der Waals surface area (Å²) in [7, 11) is 3.55. The van der Waals surface area contributed by atoms with Crippen LogP contribution in [0.1, 0.15) is 43.7 Å². The number of rotatable bonds is 7. The molecule has 2 unspecified atom stereocenters. The van der Waals surface area contributed by atoms with Crippen LogP contribution in [0.25, 0.3) is 0 Å². The average molecular weight is 430 g/mol. The zero-order valence-corrected chi connectivity index (χ0v) is 19.4. The first-order valence-electron chi connectivity index (χ1n) is 11.6. The molecule has 172 valence electrons. The number of carbonyl (C=O) groups excluding carboxylic acids is 1. The second-order valence-corrected chi connectivity index (χ2v) is 8.98. The van der Waals surface area contributed by atoms with Crippen molar-refractivity contribution in [1.82, 2.24) is 20.4 Å². The second-order valence-electron chi connectivity index (χ2n) is 8.98. The summed E-state index contributed by atoms with van der Waals surface area (Å²) in [6.07, 6.45) is 4.93. The number of morpholine rings is 1. The highest BCUT2D eigenvalue weighted by Gasteiger charge is 2.22. The van der Waals surface area contributed by atoms with Gasteiger partial charge in [-0.05, 0) is 29.9 Å². The largest absolute Gasteiger partial charge is 0.379 e. The van der Waals surface area contributed by atoms with Gasteiger partial charge >= 0.3 is 0 Å². The maximum Gasteiger partial charge on any atom is 0.241 e. The third-order valence-electron chi connectivity index (χ3n) is 6.36. The third kappa shape index (κ3) is 7.51. The maximum absolute atomic E-state index is 12.1. The summed E-state index contributed by atoms with van der Waals surface area (Å²) in [4.78, 5) is 21.0. The molecule has 0 bridgehead atoms. The molecule has 1 saturated heterocycles. The van der Waals surface area contributed by atoms with Crippen molar-refractivity contribution in [2.24, 2.45) is 10.9 Å². The van der Waals surface area contributed by atoms with Crippen LogP contribution in [0.4, 0.5) is 0 Å². The van der Waals surface area contributed by atoms with Gasteiger partial charge in [-0.25, -0.2) is 4.99 Å². The summed E-state index contributed by atoms with van der Waals surface area (Å²) in [5.74, 6) is 1.38. The molecule has 1 aromatic rings. The maximum atomic E-state index is 12.1. The van der Waals surface area contributed by atoms with Gasteiger partial charge in [0.15, 0.2) is 5.96 Å². The quantitative estimate of drug-likeness (QED) is 0.514.